The van der Waals surface area contributed by atoms with E-state index < -0.39 is 47.9 Å². The second-order valence-electron chi connectivity index (χ2n) is 9.51. The van der Waals surface area contributed by atoms with Crippen molar-refractivity contribution in [2.45, 2.75) is 76.5 Å². The van der Waals surface area contributed by atoms with E-state index in [-0.39, 0.29) is 30.8 Å². The van der Waals surface area contributed by atoms with Gasteiger partial charge in [-0.2, -0.15) is 0 Å². The highest BCUT2D eigenvalue weighted by Crippen LogP contribution is 2.20. The van der Waals surface area contributed by atoms with Gasteiger partial charge in [0.1, 0.15) is 18.1 Å². The van der Waals surface area contributed by atoms with Gasteiger partial charge in [0.25, 0.3) is 0 Å². The molecule has 12 N–H and O–H groups in total. The van der Waals surface area contributed by atoms with Crippen LogP contribution < -0.4 is 39.3 Å². The Labute approximate surface area is 223 Å². The molecule has 15 nitrogen and oxygen atoms in total. The number of likely N-dealkylation sites (tertiary alicyclic amines) is 1. The van der Waals surface area contributed by atoms with E-state index in [0.717, 1.165) is 0 Å². The smallest absolute Gasteiger partial charge is 0.328 e. The third kappa shape index (κ3) is 10.8. The van der Waals surface area contributed by atoms with Crippen molar-refractivity contribution in [3.05, 3.63) is 0 Å². The van der Waals surface area contributed by atoms with Crippen molar-refractivity contribution in [1.29, 1.82) is 0 Å². The molecule has 0 aromatic carbocycles. The quantitative estimate of drug-likeness (QED) is 0.0486. The van der Waals surface area contributed by atoms with Crippen LogP contribution >= 0.6 is 0 Å². The number of carbonyl (C=O) groups is 4. The standard InChI is InChI=1S/C23H44N10O5/c1-13(2)17(21(37)38-3)32-19(35)16-9-6-12-33(16)20(36)15(8-5-11-30-23(27)28)31-18(34)14(24)7-4-10-29-22(25)26/h13-17H,4-12,24H2,1-3H3,(H,31,34)(H,32,35)(H4,25,26,29)(H4,27,28,30)/t14-,15-,16-,17-/m0/s1. The first kappa shape index (κ1) is 32.4. The Morgan fingerprint density at radius 1 is 0.974 bits per heavy atom. The van der Waals surface area contributed by atoms with Crippen LogP contribution in [0.5, 0.6) is 0 Å². The molecule has 1 heterocycles. The minimum Gasteiger partial charge on any atom is -0.467 e. The second-order valence-corrected chi connectivity index (χ2v) is 9.51. The van der Waals surface area contributed by atoms with Crippen molar-refractivity contribution < 1.29 is 23.9 Å². The van der Waals surface area contributed by atoms with Crippen molar-refractivity contribution in [2.24, 2.45) is 44.6 Å². The first-order chi connectivity index (χ1) is 17.9. The summed E-state index contributed by atoms with van der Waals surface area (Å²) in [5, 5.41) is 5.42. The second kappa shape index (κ2) is 16.3. The van der Waals surface area contributed by atoms with Crippen LogP contribution in [0.15, 0.2) is 9.98 Å². The van der Waals surface area contributed by atoms with E-state index in [2.05, 4.69) is 20.6 Å². The van der Waals surface area contributed by atoms with Gasteiger partial charge in [-0.1, -0.05) is 13.8 Å². The predicted octanol–water partition coefficient (Wildman–Crippen LogP) is -2.79. The normalized spacial score (nSPS) is 17.2. The van der Waals surface area contributed by atoms with Crippen LogP contribution in [0, 0.1) is 5.92 Å². The predicted molar refractivity (Wildman–Crippen MR) is 143 cm³/mol. The lowest BCUT2D eigenvalue weighted by Gasteiger charge is -2.30. The Kier molecular flexibility index (Phi) is 13.9. The minimum absolute atomic E-state index is 0.0510. The fraction of sp³-hybridized carbons (Fsp3) is 0.739. The van der Waals surface area contributed by atoms with Gasteiger partial charge in [0, 0.05) is 19.6 Å². The number of ether oxygens (including phenoxy) is 1. The summed E-state index contributed by atoms with van der Waals surface area (Å²) >= 11 is 0. The molecule has 38 heavy (non-hydrogen) atoms. The van der Waals surface area contributed by atoms with Gasteiger partial charge in [0.05, 0.1) is 13.2 Å². The van der Waals surface area contributed by atoms with Crippen molar-refractivity contribution in [1.82, 2.24) is 15.5 Å². The molecule has 0 bridgehead atoms. The van der Waals surface area contributed by atoms with Gasteiger partial charge in [0.15, 0.2) is 11.9 Å². The zero-order valence-electron chi connectivity index (χ0n) is 22.5. The zero-order chi connectivity index (χ0) is 28.8. The van der Waals surface area contributed by atoms with Gasteiger partial charge in [-0.05, 0) is 44.4 Å². The number of nitrogens with two attached hydrogens (primary N) is 5. The summed E-state index contributed by atoms with van der Waals surface area (Å²) in [6.45, 7) is 4.46. The summed E-state index contributed by atoms with van der Waals surface area (Å²) in [7, 11) is 1.25. The molecule has 1 aliphatic heterocycles. The highest BCUT2D eigenvalue weighted by Gasteiger charge is 2.39. The molecule has 15 heteroatoms. The average Bonchev–Trinajstić information content (AvgIpc) is 3.35. The van der Waals surface area contributed by atoms with Crippen LogP contribution in [0.2, 0.25) is 0 Å². The van der Waals surface area contributed by atoms with Crippen LogP contribution in [0.25, 0.3) is 0 Å². The topological polar surface area (TPSA) is 260 Å². The molecule has 3 amide bonds. The van der Waals surface area contributed by atoms with Crippen LogP contribution in [0.4, 0.5) is 0 Å². The molecule has 216 valence electrons. The minimum atomic E-state index is -0.949. The number of hydrogen-bond donors (Lipinski definition) is 7. The summed E-state index contributed by atoms with van der Waals surface area (Å²) < 4.78 is 4.79. The maximum absolute atomic E-state index is 13.6. The summed E-state index contributed by atoms with van der Waals surface area (Å²) in [5.41, 5.74) is 27.4. The lowest BCUT2D eigenvalue weighted by atomic mass is 10.0. The molecule has 0 aromatic rings. The Morgan fingerprint density at radius 2 is 1.55 bits per heavy atom. The summed E-state index contributed by atoms with van der Waals surface area (Å²) in [4.78, 5) is 60.8. The Hall–Kier alpha value is -3.62. The fourth-order valence-electron chi connectivity index (χ4n) is 4.07. The first-order valence-electron chi connectivity index (χ1n) is 12.7. The molecule has 0 radical (unpaired) electrons. The molecule has 1 aliphatic rings. The van der Waals surface area contributed by atoms with E-state index in [1.54, 1.807) is 13.8 Å². The number of guanidine groups is 2. The van der Waals surface area contributed by atoms with Gasteiger partial charge in [-0.3, -0.25) is 24.4 Å². The van der Waals surface area contributed by atoms with E-state index in [1.807, 2.05) is 0 Å². The number of esters is 1. The van der Waals surface area contributed by atoms with Crippen molar-refractivity contribution in [3.63, 3.8) is 0 Å². The average molecular weight is 541 g/mol. The van der Waals surface area contributed by atoms with Crippen molar-refractivity contribution in [3.8, 4) is 0 Å². The van der Waals surface area contributed by atoms with Gasteiger partial charge < -0.3 is 48.9 Å². The number of nitrogens with zero attached hydrogens (tertiary/aromatic N) is 3. The van der Waals surface area contributed by atoms with Gasteiger partial charge in [-0.25, -0.2) is 4.79 Å². The summed E-state index contributed by atoms with van der Waals surface area (Å²) in [5.74, 6) is -2.31. The lowest BCUT2D eigenvalue weighted by Crippen LogP contribution is -2.57. The lowest BCUT2D eigenvalue weighted by molar-refractivity contribution is -0.148. The molecule has 0 saturated carbocycles. The number of rotatable bonds is 15. The van der Waals surface area contributed by atoms with E-state index in [9.17, 15) is 19.2 Å². The van der Waals surface area contributed by atoms with Gasteiger partial charge in [0.2, 0.25) is 17.7 Å². The molecule has 1 saturated heterocycles. The monoisotopic (exact) mass is 540 g/mol. The highest BCUT2D eigenvalue weighted by molar-refractivity contribution is 5.94. The van der Waals surface area contributed by atoms with E-state index >= 15 is 0 Å². The largest absolute Gasteiger partial charge is 0.467 e. The number of carbonyl (C=O) groups excluding carboxylic acids is 4. The van der Waals surface area contributed by atoms with Crippen molar-refractivity contribution in [2.75, 3.05) is 26.7 Å². The van der Waals surface area contributed by atoms with Crippen LogP contribution in [-0.2, 0) is 23.9 Å². The first-order valence-corrected chi connectivity index (χ1v) is 12.7. The zero-order valence-corrected chi connectivity index (χ0v) is 22.5. The highest BCUT2D eigenvalue weighted by atomic mass is 16.5. The molecular weight excluding hydrogens is 496 g/mol. The van der Waals surface area contributed by atoms with Crippen LogP contribution in [0.1, 0.15) is 52.4 Å². The molecule has 0 spiro atoms. The SMILES string of the molecule is COC(=O)[C@@H](NC(=O)[C@@H]1CCCN1C(=O)[C@H](CCCN=C(N)N)NC(=O)[C@@H](N)CCCN=C(N)N)C(C)C. The molecular formula is C23H44N10O5. The maximum Gasteiger partial charge on any atom is 0.328 e. The third-order valence-electron chi connectivity index (χ3n) is 6.12. The Morgan fingerprint density at radius 3 is 2.08 bits per heavy atom. The number of nitrogens with one attached hydrogen (secondary N) is 2. The van der Waals surface area contributed by atoms with E-state index in [0.29, 0.717) is 45.2 Å². The number of methoxy groups -OCH3 is 1. The Balaban J connectivity index is 2.97. The Bertz CT molecular complexity index is 871. The number of amides is 3. The summed E-state index contributed by atoms with van der Waals surface area (Å²) in [6, 6.07) is -3.48. The maximum atomic E-state index is 13.6. The third-order valence-corrected chi connectivity index (χ3v) is 6.12. The molecule has 4 atom stereocenters. The molecule has 0 aliphatic carbocycles. The van der Waals surface area contributed by atoms with Gasteiger partial charge >= 0.3 is 5.97 Å². The number of aliphatic imine (C=N–C) groups is 2. The molecule has 0 unspecified atom stereocenters. The summed E-state index contributed by atoms with van der Waals surface area (Å²) in [6.07, 6.45) is 2.41. The fourth-order valence-corrected chi connectivity index (χ4v) is 4.07. The molecule has 1 rings (SSSR count). The number of hydrogen-bond acceptors (Lipinski definition) is 8. The molecule has 0 aromatic heterocycles. The van der Waals surface area contributed by atoms with Crippen LogP contribution in [-0.4, -0.2) is 91.4 Å². The van der Waals surface area contributed by atoms with E-state index in [4.69, 9.17) is 33.4 Å². The van der Waals surface area contributed by atoms with Crippen LogP contribution in [0.3, 0.4) is 0 Å². The van der Waals surface area contributed by atoms with Crippen molar-refractivity contribution >= 4 is 35.6 Å². The molecule has 1 fully saturated rings. The van der Waals surface area contributed by atoms with E-state index in [1.165, 1.54) is 12.0 Å². The van der Waals surface area contributed by atoms with Gasteiger partial charge in [-0.15, -0.1) is 0 Å².